The van der Waals surface area contributed by atoms with Crippen molar-refractivity contribution < 1.29 is 0 Å². The topological polar surface area (TPSA) is 57.8 Å². The first-order chi connectivity index (χ1) is 9.33. The lowest BCUT2D eigenvalue weighted by Gasteiger charge is -2.04. The quantitative estimate of drug-likeness (QED) is 0.765. The van der Waals surface area contributed by atoms with E-state index in [0.717, 1.165) is 12.1 Å². The molecule has 0 aliphatic carbocycles. The van der Waals surface area contributed by atoms with E-state index in [1.807, 2.05) is 29.6 Å². The lowest BCUT2D eigenvalue weighted by Crippen LogP contribution is -2.18. The van der Waals surface area contributed by atoms with Gasteiger partial charge in [0, 0.05) is 6.54 Å². The van der Waals surface area contributed by atoms with E-state index in [1.165, 1.54) is 16.9 Å². The van der Waals surface area contributed by atoms with Crippen LogP contribution in [0.15, 0.2) is 46.6 Å². The summed E-state index contributed by atoms with van der Waals surface area (Å²) in [5, 5.41) is 5.16. The molecule has 0 unspecified atom stereocenters. The van der Waals surface area contributed by atoms with E-state index in [1.54, 1.807) is 0 Å². The zero-order valence-electron chi connectivity index (χ0n) is 10.2. The molecule has 0 aliphatic rings. The summed E-state index contributed by atoms with van der Waals surface area (Å²) in [7, 11) is 0. The van der Waals surface area contributed by atoms with E-state index in [2.05, 4.69) is 27.4 Å². The van der Waals surface area contributed by atoms with Crippen molar-refractivity contribution in [3.63, 3.8) is 0 Å². The third-order valence-electron chi connectivity index (χ3n) is 2.83. The fourth-order valence-electron chi connectivity index (χ4n) is 1.93. The Kier molecular flexibility index (Phi) is 3.39. The Morgan fingerprint density at radius 1 is 1.16 bits per heavy atom. The van der Waals surface area contributed by atoms with Gasteiger partial charge in [-0.3, -0.25) is 4.79 Å². The van der Waals surface area contributed by atoms with Gasteiger partial charge in [0.2, 0.25) is 0 Å². The van der Waals surface area contributed by atoms with Crippen molar-refractivity contribution in [3.05, 3.63) is 63.5 Å². The predicted molar refractivity (Wildman–Crippen MR) is 77.2 cm³/mol. The van der Waals surface area contributed by atoms with Crippen molar-refractivity contribution in [1.29, 1.82) is 0 Å². The summed E-state index contributed by atoms with van der Waals surface area (Å²) in [5.74, 6) is 0.673. The largest absolute Gasteiger partial charge is 0.308 e. The van der Waals surface area contributed by atoms with Gasteiger partial charge in [0.25, 0.3) is 5.56 Å². The van der Waals surface area contributed by atoms with Crippen LogP contribution in [0.1, 0.15) is 11.4 Å². The molecule has 0 spiro atoms. The van der Waals surface area contributed by atoms with Crippen LogP contribution in [0.3, 0.4) is 0 Å². The molecule has 19 heavy (non-hydrogen) atoms. The number of rotatable bonds is 4. The van der Waals surface area contributed by atoms with Gasteiger partial charge in [-0.2, -0.15) is 0 Å². The van der Waals surface area contributed by atoms with Crippen LogP contribution in [0.2, 0.25) is 0 Å². The number of thiophene rings is 1. The van der Waals surface area contributed by atoms with Crippen LogP contribution in [0.25, 0.3) is 10.2 Å². The second-order valence-electron chi connectivity index (χ2n) is 4.24. The summed E-state index contributed by atoms with van der Waals surface area (Å²) >= 11 is 1.42. The second-order valence-corrected chi connectivity index (χ2v) is 5.15. The SMILES string of the molecule is O=c1[nH]c(CNCc2ccccc2)nc2ccsc12. The smallest absolute Gasteiger partial charge is 0.268 e. The zero-order valence-corrected chi connectivity index (χ0v) is 11.0. The summed E-state index contributed by atoms with van der Waals surface area (Å²) < 4.78 is 0.687. The van der Waals surface area contributed by atoms with Crippen LogP contribution in [0.4, 0.5) is 0 Å². The second kappa shape index (κ2) is 5.34. The number of aromatic amines is 1. The van der Waals surface area contributed by atoms with Gasteiger partial charge in [0.1, 0.15) is 10.5 Å². The van der Waals surface area contributed by atoms with Crippen molar-refractivity contribution in [3.8, 4) is 0 Å². The number of fused-ring (bicyclic) bond motifs is 1. The minimum Gasteiger partial charge on any atom is -0.308 e. The van der Waals surface area contributed by atoms with Crippen molar-refractivity contribution in [2.24, 2.45) is 0 Å². The lowest BCUT2D eigenvalue weighted by atomic mass is 10.2. The van der Waals surface area contributed by atoms with Gasteiger partial charge in [-0.1, -0.05) is 30.3 Å². The average Bonchev–Trinajstić information content (AvgIpc) is 2.89. The molecule has 0 saturated carbocycles. The Hall–Kier alpha value is -1.98. The predicted octanol–water partition coefficient (Wildman–Crippen LogP) is 2.27. The minimum absolute atomic E-state index is 0.0588. The molecule has 0 atom stereocenters. The lowest BCUT2D eigenvalue weighted by molar-refractivity contribution is 0.663. The molecule has 0 aliphatic heterocycles. The fraction of sp³-hybridized carbons (Fsp3) is 0.143. The van der Waals surface area contributed by atoms with Crippen molar-refractivity contribution in [2.45, 2.75) is 13.1 Å². The van der Waals surface area contributed by atoms with Gasteiger partial charge in [0.15, 0.2) is 0 Å². The van der Waals surface area contributed by atoms with Crippen LogP contribution < -0.4 is 10.9 Å². The van der Waals surface area contributed by atoms with E-state index >= 15 is 0 Å². The number of aromatic nitrogens is 2. The maximum Gasteiger partial charge on any atom is 0.268 e. The first-order valence-corrected chi connectivity index (χ1v) is 6.92. The number of benzene rings is 1. The van der Waals surface area contributed by atoms with Gasteiger partial charge >= 0.3 is 0 Å². The van der Waals surface area contributed by atoms with Gasteiger partial charge in [0.05, 0.1) is 12.1 Å². The number of hydrogen-bond donors (Lipinski definition) is 2. The molecule has 3 rings (SSSR count). The summed E-state index contributed by atoms with van der Waals surface area (Å²) in [4.78, 5) is 19.0. The molecule has 3 aromatic rings. The van der Waals surface area contributed by atoms with E-state index in [0.29, 0.717) is 17.1 Å². The number of nitrogens with one attached hydrogen (secondary N) is 2. The van der Waals surface area contributed by atoms with E-state index in [4.69, 9.17) is 0 Å². The van der Waals surface area contributed by atoms with Crippen LogP contribution >= 0.6 is 11.3 Å². The maximum atomic E-state index is 11.8. The van der Waals surface area contributed by atoms with Gasteiger partial charge in [-0.25, -0.2) is 4.98 Å². The molecule has 2 aromatic heterocycles. The molecular formula is C14H13N3OS. The maximum absolute atomic E-state index is 11.8. The summed E-state index contributed by atoms with van der Waals surface area (Å²) in [6.07, 6.45) is 0. The van der Waals surface area contributed by atoms with E-state index in [-0.39, 0.29) is 5.56 Å². The monoisotopic (exact) mass is 271 g/mol. The van der Waals surface area contributed by atoms with Crippen molar-refractivity contribution >= 4 is 21.6 Å². The van der Waals surface area contributed by atoms with Crippen LogP contribution in [0.5, 0.6) is 0 Å². The Bertz CT molecular complexity index is 733. The van der Waals surface area contributed by atoms with Crippen LogP contribution in [-0.2, 0) is 13.1 Å². The molecule has 0 radical (unpaired) electrons. The van der Waals surface area contributed by atoms with Gasteiger partial charge in [-0.15, -0.1) is 11.3 Å². The first kappa shape index (κ1) is 12.1. The minimum atomic E-state index is -0.0588. The molecule has 0 bridgehead atoms. The summed E-state index contributed by atoms with van der Waals surface area (Å²) in [6.45, 7) is 1.31. The molecule has 0 fully saturated rings. The highest BCUT2D eigenvalue weighted by atomic mass is 32.1. The molecule has 1 aromatic carbocycles. The third kappa shape index (κ3) is 2.72. The number of nitrogens with zero attached hydrogens (tertiary/aromatic N) is 1. The highest BCUT2D eigenvalue weighted by molar-refractivity contribution is 7.17. The molecule has 4 nitrogen and oxygen atoms in total. The molecule has 2 heterocycles. The highest BCUT2D eigenvalue weighted by Crippen LogP contribution is 2.13. The van der Waals surface area contributed by atoms with Crippen LogP contribution in [-0.4, -0.2) is 9.97 Å². The van der Waals surface area contributed by atoms with E-state index < -0.39 is 0 Å². The molecule has 2 N–H and O–H groups in total. The number of hydrogen-bond acceptors (Lipinski definition) is 4. The van der Waals surface area contributed by atoms with Crippen molar-refractivity contribution in [2.75, 3.05) is 0 Å². The number of H-pyrrole nitrogens is 1. The molecule has 96 valence electrons. The van der Waals surface area contributed by atoms with Crippen molar-refractivity contribution in [1.82, 2.24) is 15.3 Å². The Balaban J connectivity index is 1.70. The van der Waals surface area contributed by atoms with Gasteiger partial charge in [-0.05, 0) is 17.0 Å². The average molecular weight is 271 g/mol. The van der Waals surface area contributed by atoms with E-state index in [9.17, 15) is 4.79 Å². The Morgan fingerprint density at radius 2 is 2.00 bits per heavy atom. The Morgan fingerprint density at radius 3 is 2.84 bits per heavy atom. The van der Waals surface area contributed by atoms with Crippen LogP contribution in [0, 0.1) is 0 Å². The Labute approximate surface area is 114 Å². The molecule has 5 heteroatoms. The normalized spacial score (nSPS) is 10.9. The highest BCUT2D eigenvalue weighted by Gasteiger charge is 2.04. The zero-order chi connectivity index (χ0) is 13.1. The summed E-state index contributed by atoms with van der Waals surface area (Å²) in [5.41, 5.74) is 1.92. The first-order valence-electron chi connectivity index (χ1n) is 6.04. The fourth-order valence-corrected chi connectivity index (χ4v) is 2.65. The molecule has 0 amide bonds. The third-order valence-corrected chi connectivity index (χ3v) is 3.73. The van der Waals surface area contributed by atoms with Gasteiger partial charge < -0.3 is 10.3 Å². The molecular weight excluding hydrogens is 258 g/mol. The molecule has 0 saturated heterocycles. The standard InChI is InChI=1S/C14H13N3OS/c18-14-13-11(6-7-19-13)16-12(17-14)9-15-8-10-4-2-1-3-5-10/h1-7,15H,8-9H2,(H,16,17,18). The summed E-state index contributed by atoms with van der Waals surface area (Å²) in [6, 6.07) is 12.0.